The topological polar surface area (TPSA) is 44.7 Å². The molecule has 6 rings (SSSR count). The first-order valence-corrected chi connectivity index (χ1v) is 16.6. The molecule has 1 aliphatic rings. The first kappa shape index (κ1) is 36.1. The Bertz CT molecular complexity index is 1900. The van der Waals surface area contributed by atoms with Crippen molar-refractivity contribution in [2.45, 2.75) is 78.6 Å². The zero-order valence-corrected chi connectivity index (χ0v) is 32.5. The van der Waals surface area contributed by atoms with E-state index in [1.54, 1.807) is 6.20 Å². The van der Waals surface area contributed by atoms with Crippen molar-refractivity contribution in [3.05, 3.63) is 127 Å². The van der Waals surface area contributed by atoms with Crippen molar-refractivity contribution in [1.82, 2.24) is 9.97 Å². The molecule has 3 heterocycles. The van der Waals surface area contributed by atoms with Gasteiger partial charge in [0.15, 0.2) is 0 Å². The minimum Gasteiger partial charge on any atom is -0.504 e. The molecule has 0 spiro atoms. The van der Waals surface area contributed by atoms with Crippen molar-refractivity contribution in [3.63, 3.8) is 0 Å². The number of fused-ring (bicyclic) bond motifs is 1. The molecule has 0 saturated carbocycles. The monoisotopic (exact) mass is 831 g/mol. The van der Waals surface area contributed by atoms with Crippen molar-refractivity contribution in [3.8, 4) is 11.6 Å². The fraction of sp³-hybridized carbons (Fsp3) is 0.310. The average Bonchev–Trinajstić information content (AvgIpc) is 3.37. The normalized spacial score (nSPS) is 13.2. The summed E-state index contributed by atoms with van der Waals surface area (Å²) in [5.41, 5.74) is 8.46. The predicted molar refractivity (Wildman–Crippen MR) is 198 cm³/mol. The van der Waals surface area contributed by atoms with Crippen molar-refractivity contribution in [2.75, 3.05) is 21.7 Å². The summed E-state index contributed by atoms with van der Waals surface area (Å²) < 4.78 is 6.37. The van der Waals surface area contributed by atoms with Crippen LogP contribution in [0, 0.1) is 18.8 Å². The van der Waals surface area contributed by atoms with E-state index in [1.807, 2.05) is 50.2 Å². The summed E-state index contributed by atoms with van der Waals surface area (Å²) in [6, 6.07) is 34.3. The molecule has 0 bridgehead atoms. The molecule has 1 aliphatic heterocycles. The summed E-state index contributed by atoms with van der Waals surface area (Å²) in [7, 11) is 2.04. The maximum Gasteiger partial charge on any atom is 0.135 e. The molecule has 7 heteroatoms. The van der Waals surface area contributed by atoms with E-state index in [1.165, 1.54) is 16.7 Å². The number of aromatic nitrogens is 2. The number of hydrogen-bond donors (Lipinski definition) is 0. The van der Waals surface area contributed by atoms with Gasteiger partial charge >= 0.3 is 0 Å². The van der Waals surface area contributed by atoms with Crippen LogP contribution in [0.3, 0.4) is 0 Å². The molecule has 0 amide bonds. The van der Waals surface area contributed by atoms with E-state index < -0.39 is 0 Å². The van der Waals surface area contributed by atoms with Gasteiger partial charge in [0, 0.05) is 50.1 Å². The van der Waals surface area contributed by atoms with Crippen LogP contribution >= 0.6 is 0 Å². The van der Waals surface area contributed by atoms with Gasteiger partial charge in [-0.1, -0.05) is 86.2 Å². The fourth-order valence-electron chi connectivity index (χ4n) is 5.75. The zero-order chi connectivity index (χ0) is 34.4. The summed E-state index contributed by atoms with van der Waals surface area (Å²) in [6.45, 7) is 22.3. The van der Waals surface area contributed by atoms with Crippen molar-refractivity contribution in [1.29, 1.82) is 0 Å². The SMILES string of the molecule is CN1[CH-]N(c2[c-]c(Oc3[c-]c(N(c4cc(C(C)(C)C)cc(C(C)(C)C)c4)c4cc(C(C)(C)C)ccn4)ccc3)ncc2)c2ccccc21.[Pt]. The molecule has 0 radical (unpaired) electrons. The maximum absolute atomic E-state index is 6.37. The molecule has 0 atom stereocenters. The smallest absolute Gasteiger partial charge is 0.135 e. The molecule has 2 aromatic heterocycles. The third-order valence-electron chi connectivity index (χ3n) is 8.68. The number of rotatable bonds is 6. The van der Waals surface area contributed by atoms with Crippen LogP contribution in [0.15, 0.2) is 91.3 Å². The van der Waals surface area contributed by atoms with E-state index in [0.29, 0.717) is 11.6 Å². The average molecular weight is 832 g/mol. The standard InChI is InChI=1S/C42H46N5O.Pt/c1-40(2,3)29-18-20-43-38(25-29)47(34-23-30(41(4,5)6)22-31(24-34)42(7,8)9)33-14-13-15-35(26-33)48-39-27-32(19-21-44-39)46-28-45(10)36-16-11-12-17-37(36)46;/h11-25,28H,1-10H3;/q-3;. The largest absolute Gasteiger partial charge is 0.504 e. The number of pyridine rings is 2. The molecule has 0 fully saturated rings. The molecule has 0 N–H and O–H groups in total. The number of nitrogens with zero attached hydrogens (tertiary/aromatic N) is 5. The Kier molecular flexibility index (Phi) is 10.1. The second-order valence-electron chi connectivity index (χ2n) is 15.6. The van der Waals surface area contributed by atoms with Gasteiger partial charge < -0.3 is 19.4 Å². The first-order chi connectivity index (χ1) is 22.6. The van der Waals surface area contributed by atoms with E-state index in [2.05, 4.69) is 143 Å². The molecule has 6 nitrogen and oxygen atoms in total. The Labute approximate surface area is 307 Å². The molecule has 0 aliphatic carbocycles. The number of ether oxygens (including phenoxy) is 1. The van der Waals surface area contributed by atoms with Crippen LogP contribution in [-0.2, 0) is 37.3 Å². The van der Waals surface area contributed by atoms with E-state index in [4.69, 9.17) is 9.72 Å². The van der Waals surface area contributed by atoms with Crippen LogP contribution in [0.25, 0.3) is 0 Å². The molecule has 5 aromatic rings. The van der Waals surface area contributed by atoms with Gasteiger partial charge in [0.25, 0.3) is 0 Å². The summed E-state index contributed by atoms with van der Waals surface area (Å²) in [5.74, 6) is 1.72. The molecular weight excluding hydrogens is 786 g/mol. The molecular formula is C42H46N5OPt-3. The Morgan fingerprint density at radius 1 is 0.673 bits per heavy atom. The minimum atomic E-state index is -0.0499. The van der Waals surface area contributed by atoms with Gasteiger partial charge in [0.05, 0.1) is 0 Å². The summed E-state index contributed by atoms with van der Waals surface area (Å²) in [4.78, 5) is 15.8. The van der Waals surface area contributed by atoms with Gasteiger partial charge in [0.1, 0.15) is 11.7 Å². The molecule has 3 aromatic carbocycles. The minimum absolute atomic E-state index is 0. The van der Waals surface area contributed by atoms with E-state index in [0.717, 1.165) is 34.3 Å². The van der Waals surface area contributed by atoms with Crippen LogP contribution in [-0.4, -0.2) is 17.0 Å². The quantitative estimate of drug-likeness (QED) is 0.159. The number of anilines is 6. The molecule has 49 heavy (non-hydrogen) atoms. The van der Waals surface area contributed by atoms with Crippen molar-refractivity contribution >= 4 is 34.3 Å². The van der Waals surface area contributed by atoms with E-state index in [9.17, 15) is 0 Å². The van der Waals surface area contributed by atoms with Crippen molar-refractivity contribution in [2.24, 2.45) is 0 Å². The van der Waals surface area contributed by atoms with Gasteiger partial charge in [-0.2, -0.15) is 30.6 Å². The van der Waals surface area contributed by atoms with Crippen molar-refractivity contribution < 1.29 is 25.8 Å². The number of para-hydroxylation sites is 2. The molecule has 0 saturated heterocycles. The van der Waals surface area contributed by atoms with Crippen LogP contribution in [0.2, 0.25) is 0 Å². The maximum atomic E-state index is 6.37. The molecule has 258 valence electrons. The van der Waals surface area contributed by atoms with Crippen LogP contribution in [0.5, 0.6) is 11.6 Å². The third-order valence-corrected chi connectivity index (χ3v) is 8.68. The Morgan fingerprint density at radius 3 is 1.96 bits per heavy atom. The Morgan fingerprint density at radius 2 is 1.31 bits per heavy atom. The van der Waals surface area contributed by atoms with E-state index >= 15 is 0 Å². The zero-order valence-electron chi connectivity index (χ0n) is 30.2. The van der Waals surface area contributed by atoms with Gasteiger partial charge in [-0.3, -0.25) is 4.98 Å². The summed E-state index contributed by atoms with van der Waals surface area (Å²) >= 11 is 0. The first-order valence-electron chi connectivity index (χ1n) is 16.6. The van der Waals surface area contributed by atoms with Gasteiger partial charge in [-0.25, -0.2) is 4.98 Å². The summed E-state index contributed by atoms with van der Waals surface area (Å²) in [6.07, 6.45) is 3.65. The second-order valence-corrected chi connectivity index (χ2v) is 15.6. The predicted octanol–water partition coefficient (Wildman–Crippen LogP) is 10.9. The fourth-order valence-corrected chi connectivity index (χ4v) is 5.75. The van der Waals surface area contributed by atoms with E-state index in [-0.39, 0.29) is 37.3 Å². The third kappa shape index (κ3) is 7.86. The van der Waals surface area contributed by atoms with Crippen LogP contribution < -0.4 is 19.4 Å². The number of hydrogen-bond acceptors (Lipinski definition) is 6. The van der Waals surface area contributed by atoms with Gasteiger partial charge in [-0.15, -0.1) is 18.2 Å². The molecule has 0 unspecified atom stereocenters. The Hall–Kier alpha value is -4.15. The summed E-state index contributed by atoms with van der Waals surface area (Å²) in [5, 5.41) is 0. The second kappa shape index (κ2) is 13.6. The van der Waals surface area contributed by atoms with Crippen LogP contribution in [0.4, 0.5) is 34.3 Å². The van der Waals surface area contributed by atoms with Gasteiger partial charge in [0.2, 0.25) is 0 Å². The Balaban J connectivity index is 0.00000468. The van der Waals surface area contributed by atoms with Crippen LogP contribution in [0.1, 0.15) is 79.0 Å². The number of benzene rings is 3. The van der Waals surface area contributed by atoms with Gasteiger partial charge in [-0.05, 0) is 82.6 Å².